The Morgan fingerprint density at radius 1 is 1.00 bits per heavy atom. The Hall–Kier alpha value is -1.19. The van der Waals surface area contributed by atoms with Gasteiger partial charge in [-0.3, -0.25) is 4.72 Å². The number of anilines is 2. The van der Waals surface area contributed by atoms with E-state index < -0.39 is 21.7 Å². The fourth-order valence-electron chi connectivity index (χ4n) is 1.52. The third-order valence-electron chi connectivity index (χ3n) is 2.51. The first kappa shape index (κ1) is 16.2. The van der Waals surface area contributed by atoms with Crippen molar-refractivity contribution in [1.82, 2.24) is 0 Å². The van der Waals surface area contributed by atoms with Gasteiger partial charge in [0.15, 0.2) is 0 Å². The Bertz CT molecular complexity index is 813. The molecule has 0 aliphatic carbocycles. The molecule has 2 aromatic rings. The summed E-state index contributed by atoms with van der Waals surface area (Å²) in [6.45, 7) is 0. The second-order valence-corrected chi connectivity index (χ2v) is 7.40. The molecule has 9 heteroatoms. The summed E-state index contributed by atoms with van der Waals surface area (Å²) in [5, 5.41) is 0. The van der Waals surface area contributed by atoms with E-state index in [1.807, 2.05) is 0 Å². The summed E-state index contributed by atoms with van der Waals surface area (Å²) in [6.07, 6.45) is 0. The van der Waals surface area contributed by atoms with Crippen LogP contribution in [0.3, 0.4) is 0 Å². The highest BCUT2D eigenvalue weighted by Gasteiger charge is 2.20. The van der Waals surface area contributed by atoms with Crippen molar-refractivity contribution in [2.45, 2.75) is 4.90 Å². The maximum atomic E-state index is 13.4. The van der Waals surface area contributed by atoms with Gasteiger partial charge >= 0.3 is 0 Å². The van der Waals surface area contributed by atoms with Gasteiger partial charge in [0, 0.05) is 4.47 Å². The van der Waals surface area contributed by atoms with Gasteiger partial charge in [-0.25, -0.2) is 17.2 Å². The van der Waals surface area contributed by atoms with E-state index in [2.05, 4.69) is 36.6 Å². The molecule has 0 aliphatic heterocycles. The normalized spacial score (nSPS) is 11.4. The van der Waals surface area contributed by atoms with Crippen LogP contribution in [0.25, 0.3) is 0 Å². The van der Waals surface area contributed by atoms with Crippen LogP contribution < -0.4 is 10.5 Å². The average Bonchev–Trinajstić information content (AvgIpc) is 2.37. The Balaban J connectivity index is 2.43. The van der Waals surface area contributed by atoms with Gasteiger partial charge in [-0.15, -0.1) is 0 Å². The Morgan fingerprint density at radius 3 is 2.29 bits per heavy atom. The van der Waals surface area contributed by atoms with E-state index in [1.165, 1.54) is 12.1 Å². The summed E-state index contributed by atoms with van der Waals surface area (Å²) in [4.78, 5) is -0.246. The lowest BCUT2D eigenvalue weighted by atomic mass is 10.3. The molecular formula is C12H8Br2F2N2O2S. The molecule has 21 heavy (non-hydrogen) atoms. The van der Waals surface area contributed by atoms with Crippen LogP contribution in [0, 0.1) is 11.6 Å². The lowest BCUT2D eigenvalue weighted by Gasteiger charge is -2.11. The number of hydrogen-bond donors (Lipinski definition) is 2. The molecule has 0 saturated carbocycles. The highest BCUT2D eigenvalue weighted by atomic mass is 79.9. The van der Waals surface area contributed by atoms with Crippen molar-refractivity contribution in [3.8, 4) is 0 Å². The summed E-state index contributed by atoms with van der Waals surface area (Å²) >= 11 is 5.93. The molecule has 0 bridgehead atoms. The zero-order chi connectivity index (χ0) is 15.8. The van der Waals surface area contributed by atoms with E-state index in [9.17, 15) is 17.2 Å². The first-order valence-electron chi connectivity index (χ1n) is 5.43. The van der Waals surface area contributed by atoms with Crippen molar-refractivity contribution in [3.63, 3.8) is 0 Å². The van der Waals surface area contributed by atoms with Crippen LogP contribution in [0.4, 0.5) is 20.2 Å². The predicted octanol–water partition coefficient (Wildman–Crippen LogP) is 3.87. The SMILES string of the molecule is Nc1cc(S(=O)(=O)Nc2ccc(Br)c(F)c2)c(Br)cc1F. The number of nitrogen functional groups attached to an aromatic ring is 1. The quantitative estimate of drug-likeness (QED) is 0.710. The lowest BCUT2D eigenvalue weighted by molar-refractivity contribution is 0.599. The summed E-state index contributed by atoms with van der Waals surface area (Å²) in [5.41, 5.74) is 5.10. The minimum atomic E-state index is -4.04. The van der Waals surface area contributed by atoms with Crippen LogP contribution in [0.5, 0.6) is 0 Å². The highest BCUT2D eigenvalue weighted by Crippen LogP contribution is 2.29. The van der Waals surface area contributed by atoms with Gasteiger partial charge in [0.1, 0.15) is 16.5 Å². The van der Waals surface area contributed by atoms with Gasteiger partial charge in [0.05, 0.1) is 15.8 Å². The molecule has 0 radical (unpaired) electrons. The molecule has 0 spiro atoms. The van der Waals surface area contributed by atoms with Crippen molar-refractivity contribution >= 4 is 53.3 Å². The van der Waals surface area contributed by atoms with Crippen LogP contribution in [0.15, 0.2) is 44.2 Å². The lowest BCUT2D eigenvalue weighted by Crippen LogP contribution is -2.14. The van der Waals surface area contributed by atoms with Crippen molar-refractivity contribution < 1.29 is 17.2 Å². The maximum Gasteiger partial charge on any atom is 0.263 e. The molecule has 0 aromatic heterocycles. The molecule has 0 saturated heterocycles. The number of hydrogen-bond acceptors (Lipinski definition) is 3. The van der Waals surface area contributed by atoms with Gasteiger partial charge in [0.25, 0.3) is 10.0 Å². The molecule has 0 amide bonds. The molecule has 0 heterocycles. The zero-order valence-corrected chi connectivity index (χ0v) is 14.2. The van der Waals surface area contributed by atoms with E-state index in [-0.39, 0.29) is 25.2 Å². The number of benzene rings is 2. The minimum Gasteiger partial charge on any atom is -0.396 e. The third-order valence-corrected chi connectivity index (χ3v) is 5.50. The Morgan fingerprint density at radius 2 is 1.67 bits per heavy atom. The van der Waals surface area contributed by atoms with Crippen LogP contribution in [0.1, 0.15) is 0 Å². The summed E-state index contributed by atoms with van der Waals surface area (Å²) in [6, 6.07) is 5.69. The van der Waals surface area contributed by atoms with Crippen LogP contribution >= 0.6 is 31.9 Å². The monoisotopic (exact) mass is 440 g/mol. The largest absolute Gasteiger partial charge is 0.396 e. The Kier molecular flexibility index (Phi) is 4.54. The third kappa shape index (κ3) is 3.53. The van der Waals surface area contributed by atoms with Crippen LogP contribution in [0.2, 0.25) is 0 Å². The number of halogens is 4. The van der Waals surface area contributed by atoms with Gasteiger partial charge in [-0.05, 0) is 62.2 Å². The predicted molar refractivity (Wildman–Crippen MR) is 83.4 cm³/mol. The summed E-state index contributed by atoms with van der Waals surface area (Å²) < 4.78 is 53.5. The Labute approximate surface area is 136 Å². The number of nitrogens with one attached hydrogen (secondary N) is 1. The van der Waals surface area contributed by atoms with E-state index in [1.54, 1.807) is 0 Å². The van der Waals surface area contributed by atoms with Crippen molar-refractivity contribution in [3.05, 3.63) is 50.9 Å². The highest BCUT2D eigenvalue weighted by molar-refractivity contribution is 9.10. The fourth-order valence-corrected chi connectivity index (χ4v) is 3.87. The first-order chi connectivity index (χ1) is 9.70. The van der Waals surface area contributed by atoms with E-state index in [0.717, 1.165) is 18.2 Å². The van der Waals surface area contributed by atoms with E-state index in [4.69, 9.17) is 5.73 Å². The molecule has 0 aliphatic rings. The number of rotatable bonds is 3. The second-order valence-electron chi connectivity index (χ2n) is 4.04. The molecule has 0 fully saturated rings. The smallest absolute Gasteiger partial charge is 0.263 e. The minimum absolute atomic E-state index is 0.0132. The standard InChI is InChI=1S/C12H8Br2F2N2O2S/c13-7-2-1-6(3-9(7)15)18-21(19,20)12-5-11(17)10(16)4-8(12)14/h1-5,18H,17H2. The molecule has 4 nitrogen and oxygen atoms in total. The van der Waals surface area contributed by atoms with Crippen molar-refractivity contribution in [2.24, 2.45) is 0 Å². The molecule has 112 valence electrons. The molecular weight excluding hydrogens is 434 g/mol. The summed E-state index contributed by atoms with van der Waals surface area (Å²) in [5.74, 6) is -1.36. The summed E-state index contributed by atoms with van der Waals surface area (Å²) in [7, 11) is -4.04. The number of nitrogens with two attached hydrogens (primary N) is 1. The van der Waals surface area contributed by atoms with Gasteiger partial charge in [-0.2, -0.15) is 0 Å². The van der Waals surface area contributed by atoms with Crippen LogP contribution in [-0.2, 0) is 10.0 Å². The molecule has 2 aromatic carbocycles. The molecule has 0 unspecified atom stereocenters. The molecule has 0 atom stereocenters. The number of sulfonamides is 1. The zero-order valence-electron chi connectivity index (χ0n) is 10.2. The van der Waals surface area contributed by atoms with Crippen molar-refractivity contribution in [2.75, 3.05) is 10.5 Å². The topological polar surface area (TPSA) is 72.2 Å². The van der Waals surface area contributed by atoms with Gasteiger partial charge in [0.2, 0.25) is 0 Å². The fraction of sp³-hybridized carbons (Fsp3) is 0. The van der Waals surface area contributed by atoms with Crippen molar-refractivity contribution in [1.29, 1.82) is 0 Å². The van der Waals surface area contributed by atoms with E-state index in [0.29, 0.717) is 0 Å². The molecule has 2 rings (SSSR count). The second kappa shape index (κ2) is 5.90. The maximum absolute atomic E-state index is 13.4. The first-order valence-corrected chi connectivity index (χ1v) is 8.50. The van der Waals surface area contributed by atoms with Crippen LogP contribution in [-0.4, -0.2) is 8.42 Å². The van der Waals surface area contributed by atoms with Gasteiger partial charge < -0.3 is 5.73 Å². The average molecular weight is 442 g/mol. The van der Waals surface area contributed by atoms with Gasteiger partial charge in [-0.1, -0.05) is 0 Å². The molecule has 3 N–H and O–H groups in total. The van der Waals surface area contributed by atoms with E-state index >= 15 is 0 Å².